The number of carbonyl (C=O) groups is 1. The third-order valence-electron chi connectivity index (χ3n) is 3.37. The van der Waals surface area contributed by atoms with Gasteiger partial charge in [-0.3, -0.25) is 4.79 Å². The minimum absolute atomic E-state index is 0.124. The number of nitrogens with zero attached hydrogens (tertiary/aromatic N) is 1. The van der Waals surface area contributed by atoms with Crippen molar-refractivity contribution in [2.24, 2.45) is 0 Å². The Bertz CT molecular complexity index is 683. The van der Waals surface area contributed by atoms with Crippen molar-refractivity contribution in [1.82, 2.24) is 0 Å². The van der Waals surface area contributed by atoms with Gasteiger partial charge in [0.2, 0.25) is 0 Å². The molecule has 0 spiro atoms. The lowest BCUT2D eigenvalue weighted by atomic mass is 10.1. The standard InChI is InChI=1S/C17H15F3INO/c1-2-12-6-8-15(9-7-12)22(16(23)17(18,19)20)11-13-4-3-5-14(21)10-13/h3-10H,2,11H2,1H3. The largest absolute Gasteiger partial charge is 0.471 e. The van der Waals surface area contributed by atoms with Gasteiger partial charge >= 0.3 is 12.1 Å². The summed E-state index contributed by atoms with van der Waals surface area (Å²) in [4.78, 5) is 12.6. The number of benzene rings is 2. The quantitative estimate of drug-likeness (QED) is 0.626. The maximum Gasteiger partial charge on any atom is 0.471 e. The van der Waals surface area contributed by atoms with Gasteiger partial charge in [-0.15, -0.1) is 0 Å². The van der Waals surface area contributed by atoms with E-state index >= 15 is 0 Å². The third kappa shape index (κ3) is 4.70. The summed E-state index contributed by atoms with van der Waals surface area (Å²) < 4.78 is 39.7. The fourth-order valence-electron chi connectivity index (χ4n) is 2.16. The number of rotatable bonds is 4. The maximum atomic E-state index is 12.9. The van der Waals surface area contributed by atoms with Gasteiger partial charge in [0.15, 0.2) is 0 Å². The minimum atomic E-state index is -4.91. The summed E-state index contributed by atoms with van der Waals surface area (Å²) in [7, 11) is 0. The molecule has 0 N–H and O–H groups in total. The van der Waals surface area contributed by atoms with E-state index in [4.69, 9.17) is 0 Å². The molecule has 2 aromatic carbocycles. The summed E-state index contributed by atoms with van der Waals surface area (Å²) in [5.74, 6) is -1.86. The van der Waals surface area contributed by atoms with Crippen LogP contribution in [0.2, 0.25) is 0 Å². The van der Waals surface area contributed by atoms with Crippen molar-refractivity contribution in [3.8, 4) is 0 Å². The number of aryl methyl sites for hydroxylation is 1. The Morgan fingerprint density at radius 3 is 2.26 bits per heavy atom. The van der Waals surface area contributed by atoms with Crippen molar-refractivity contribution < 1.29 is 18.0 Å². The molecule has 0 aliphatic heterocycles. The predicted molar refractivity (Wildman–Crippen MR) is 92.2 cm³/mol. The van der Waals surface area contributed by atoms with E-state index in [1.54, 1.807) is 42.5 Å². The number of halogens is 4. The van der Waals surface area contributed by atoms with Crippen LogP contribution in [-0.4, -0.2) is 12.1 Å². The van der Waals surface area contributed by atoms with E-state index in [1.165, 1.54) is 0 Å². The summed E-state index contributed by atoms with van der Waals surface area (Å²) in [6.45, 7) is 1.83. The Hall–Kier alpha value is -1.57. The number of hydrogen-bond acceptors (Lipinski definition) is 1. The Morgan fingerprint density at radius 1 is 1.09 bits per heavy atom. The first kappa shape index (κ1) is 17.8. The van der Waals surface area contributed by atoms with E-state index in [0.717, 1.165) is 20.5 Å². The van der Waals surface area contributed by atoms with Crippen molar-refractivity contribution in [3.63, 3.8) is 0 Å². The molecule has 6 heteroatoms. The van der Waals surface area contributed by atoms with Crippen LogP contribution in [-0.2, 0) is 17.8 Å². The van der Waals surface area contributed by atoms with Crippen molar-refractivity contribution >= 4 is 34.2 Å². The first-order valence-electron chi connectivity index (χ1n) is 7.03. The Labute approximate surface area is 146 Å². The molecule has 122 valence electrons. The molecule has 0 radical (unpaired) electrons. The lowest BCUT2D eigenvalue weighted by Gasteiger charge is -2.24. The molecule has 2 rings (SSSR count). The van der Waals surface area contributed by atoms with Gasteiger partial charge < -0.3 is 4.90 Å². The van der Waals surface area contributed by atoms with Crippen LogP contribution in [0.3, 0.4) is 0 Å². The monoisotopic (exact) mass is 433 g/mol. The molecular formula is C17H15F3INO. The molecule has 0 aliphatic carbocycles. The molecular weight excluding hydrogens is 418 g/mol. The van der Waals surface area contributed by atoms with Crippen LogP contribution in [0.5, 0.6) is 0 Å². The summed E-state index contributed by atoms with van der Waals surface area (Å²) in [6.07, 6.45) is -4.13. The zero-order chi connectivity index (χ0) is 17.0. The van der Waals surface area contributed by atoms with E-state index in [0.29, 0.717) is 5.56 Å². The highest BCUT2D eigenvalue weighted by Gasteiger charge is 2.43. The molecule has 2 aromatic rings. The van der Waals surface area contributed by atoms with Crippen LogP contribution in [0.15, 0.2) is 48.5 Å². The number of amides is 1. The van der Waals surface area contributed by atoms with E-state index < -0.39 is 12.1 Å². The second-order valence-electron chi connectivity index (χ2n) is 5.04. The first-order chi connectivity index (χ1) is 10.8. The molecule has 23 heavy (non-hydrogen) atoms. The summed E-state index contributed by atoms with van der Waals surface area (Å²) >= 11 is 2.08. The van der Waals surface area contributed by atoms with Crippen LogP contribution >= 0.6 is 22.6 Å². The lowest BCUT2D eigenvalue weighted by molar-refractivity contribution is -0.170. The van der Waals surface area contributed by atoms with Gasteiger partial charge in [0.05, 0.1) is 6.54 Å². The van der Waals surface area contributed by atoms with Gasteiger partial charge in [0, 0.05) is 9.26 Å². The van der Waals surface area contributed by atoms with Gasteiger partial charge in [-0.1, -0.05) is 31.2 Å². The van der Waals surface area contributed by atoms with Crippen LogP contribution in [0.25, 0.3) is 0 Å². The highest BCUT2D eigenvalue weighted by Crippen LogP contribution is 2.26. The predicted octanol–water partition coefficient (Wildman–Crippen LogP) is 4.95. The van der Waals surface area contributed by atoms with Crippen LogP contribution < -0.4 is 4.90 Å². The molecule has 1 amide bonds. The van der Waals surface area contributed by atoms with Gasteiger partial charge in [-0.05, 0) is 64.4 Å². The smallest absolute Gasteiger partial charge is 0.300 e. The molecule has 0 saturated heterocycles. The first-order valence-corrected chi connectivity index (χ1v) is 8.11. The van der Waals surface area contributed by atoms with Crippen LogP contribution in [0, 0.1) is 3.57 Å². The Balaban J connectivity index is 2.36. The van der Waals surface area contributed by atoms with Crippen LogP contribution in [0.4, 0.5) is 18.9 Å². The van der Waals surface area contributed by atoms with E-state index in [9.17, 15) is 18.0 Å². The number of carbonyl (C=O) groups excluding carboxylic acids is 1. The maximum absolute atomic E-state index is 12.9. The average Bonchev–Trinajstić information content (AvgIpc) is 2.51. The summed E-state index contributed by atoms with van der Waals surface area (Å²) in [6, 6.07) is 13.6. The molecule has 0 fully saturated rings. The molecule has 0 saturated carbocycles. The molecule has 0 atom stereocenters. The molecule has 2 nitrogen and oxygen atoms in total. The van der Waals surface area contributed by atoms with Crippen LogP contribution in [0.1, 0.15) is 18.1 Å². The lowest BCUT2D eigenvalue weighted by Crippen LogP contribution is -2.40. The van der Waals surface area contributed by atoms with Gasteiger partial charge in [-0.25, -0.2) is 0 Å². The number of hydrogen-bond donors (Lipinski definition) is 0. The normalized spacial score (nSPS) is 11.3. The zero-order valence-electron chi connectivity index (χ0n) is 12.4. The third-order valence-corrected chi connectivity index (χ3v) is 4.04. The fourth-order valence-corrected chi connectivity index (χ4v) is 2.77. The number of alkyl halides is 3. The Morgan fingerprint density at radius 2 is 1.74 bits per heavy atom. The number of anilines is 1. The Kier molecular flexibility index (Phi) is 5.67. The topological polar surface area (TPSA) is 20.3 Å². The van der Waals surface area contributed by atoms with E-state index in [1.807, 2.05) is 13.0 Å². The highest BCUT2D eigenvalue weighted by atomic mass is 127. The molecule has 0 aliphatic rings. The molecule has 0 unspecified atom stereocenters. The van der Waals surface area contributed by atoms with Gasteiger partial charge in [-0.2, -0.15) is 13.2 Å². The second kappa shape index (κ2) is 7.33. The van der Waals surface area contributed by atoms with Crippen molar-refractivity contribution in [2.45, 2.75) is 26.1 Å². The van der Waals surface area contributed by atoms with Crippen molar-refractivity contribution in [2.75, 3.05) is 4.90 Å². The van der Waals surface area contributed by atoms with Gasteiger partial charge in [0.1, 0.15) is 0 Å². The van der Waals surface area contributed by atoms with Crippen molar-refractivity contribution in [1.29, 1.82) is 0 Å². The SMILES string of the molecule is CCc1ccc(N(Cc2cccc(I)c2)C(=O)C(F)(F)F)cc1. The molecule has 0 aromatic heterocycles. The second-order valence-corrected chi connectivity index (χ2v) is 6.28. The zero-order valence-corrected chi connectivity index (χ0v) is 14.6. The average molecular weight is 433 g/mol. The van der Waals surface area contributed by atoms with Gasteiger partial charge in [0.25, 0.3) is 0 Å². The fraction of sp³-hybridized carbons (Fsp3) is 0.235. The summed E-state index contributed by atoms with van der Waals surface area (Å²) in [5, 5.41) is 0. The van der Waals surface area contributed by atoms with E-state index in [2.05, 4.69) is 22.6 Å². The minimum Gasteiger partial charge on any atom is -0.300 e. The van der Waals surface area contributed by atoms with E-state index in [-0.39, 0.29) is 12.2 Å². The highest BCUT2D eigenvalue weighted by molar-refractivity contribution is 14.1. The van der Waals surface area contributed by atoms with Crippen molar-refractivity contribution in [3.05, 3.63) is 63.2 Å². The molecule has 0 bridgehead atoms. The summed E-state index contributed by atoms with van der Waals surface area (Å²) in [5.41, 5.74) is 1.89. The molecule has 0 heterocycles.